The Morgan fingerprint density at radius 2 is 0.978 bits per heavy atom. The first-order valence-corrected chi connectivity index (χ1v) is 15.4. The van der Waals surface area contributed by atoms with E-state index in [0.29, 0.717) is 5.95 Å². The van der Waals surface area contributed by atoms with Gasteiger partial charge in [0.2, 0.25) is 5.95 Å². The summed E-state index contributed by atoms with van der Waals surface area (Å²) >= 11 is 0. The van der Waals surface area contributed by atoms with Crippen LogP contribution in [0.15, 0.2) is 152 Å². The van der Waals surface area contributed by atoms with Crippen molar-refractivity contribution in [3.05, 3.63) is 152 Å². The Hall–Kier alpha value is -6.06. The van der Waals surface area contributed by atoms with Crippen LogP contribution in [0.25, 0.3) is 94.1 Å². The van der Waals surface area contributed by atoms with Crippen LogP contribution >= 0.6 is 0 Å². The van der Waals surface area contributed by atoms with Gasteiger partial charge in [-0.1, -0.05) is 133 Å². The average molecular weight is 572 g/mol. The van der Waals surface area contributed by atoms with Gasteiger partial charge in [0.05, 0.1) is 22.2 Å². The van der Waals surface area contributed by atoms with Gasteiger partial charge in [-0.2, -0.15) is 0 Å². The quantitative estimate of drug-likeness (QED) is 0.211. The number of para-hydroxylation sites is 1. The summed E-state index contributed by atoms with van der Waals surface area (Å²) in [6.07, 6.45) is 0. The summed E-state index contributed by atoms with van der Waals surface area (Å²) < 4.78 is 2.28. The van der Waals surface area contributed by atoms with E-state index in [1.807, 2.05) is 6.07 Å². The van der Waals surface area contributed by atoms with Crippen molar-refractivity contribution < 1.29 is 0 Å². The van der Waals surface area contributed by atoms with Crippen LogP contribution in [0.3, 0.4) is 0 Å². The molecular formula is C42H25N3. The van der Waals surface area contributed by atoms with Crippen LogP contribution in [0, 0.1) is 0 Å². The molecule has 0 aliphatic heterocycles. The van der Waals surface area contributed by atoms with Gasteiger partial charge in [0.1, 0.15) is 0 Å². The Balaban J connectivity index is 1.40. The molecule has 3 heteroatoms. The van der Waals surface area contributed by atoms with Crippen molar-refractivity contribution in [2.75, 3.05) is 0 Å². The minimum absolute atomic E-state index is 0.679. The lowest BCUT2D eigenvalue weighted by atomic mass is 9.90. The van der Waals surface area contributed by atoms with Crippen LogP contribution in [0.2, 0.25) is 0 Å². The molecule has 208 valence electrons. The molecular weight excluding hydrogens is 546 g/mol. The highest BCUT2D eigenvalue weighted by Crippen LogP contribution is 2.50. The maximum absolute atomic E-state index is 5.33. The van der Waals surface area contributed by atoms with E-state index >= 15 is 0 Å². The first kappa shape index (κ1) is 24.4. The fraction of sp³-hybridized carbons (Fsp3) is 0. The number of nitrogens with zero attached hydrogens (tertiary/aromatic N) is 3. The van der Waals surface area contributed by atoms with E-state index in [1.54, 1.807) is 0 Å². The Morgan fingerprint density at radius 3 is 1.78 bits per heavy atom. The van der Waals surface area contributed by atoms with Gasteiger partial charge in [0.25, 0.3) is 0 Å². The summed E-state index contributed by atoms with van der Waals surface area (Å²) in [6, 6.07) is 54.1. The van der Waals surface area contributed by atoms with Gasteiger partial charge in [-0.15, -0.1) is 0 Å². The lowest BCUT2D eigenvalue weighted by Gasteiger charge is -2.16. The molecule has 9 aromatic rings. The molecule has 1 aliphatic carbocycles. The zero-order chi connectivity index (χ0) is 29.5. The number of aromatic nitrogens is 3. The smallest absolute Gasteiger partial charge is 0.235 e. The second kappa shape index (κ2) is 9.22. The van der Waals surface area contributed by atoms with Gasteiger partial charge in [-0.25, -0.2) is 9.97 Å². The van der Waals surface area contributed by atoms with Gasteiger partial charge < -0.3 is 0 Å². The third-order valence-electron chi connectivity index (χ3n) is 9.36. The van der Waals surface area contributed by atoms with E-state index in [4.69, 9.17) is 9.97 Å². The first-order valence-electron chi connectivity index (χ1n) is 15.4. The van der Waals surface area contributed by atoms with Crippen molar-refractivity contribution in [2.24, 2.45) is 0 Å². The predicted molar refractivity (Wildman–Crippen MR) is 187 cm³/mol. The molecule has 45 heavy (non-hydrogen) atoms. The Morgan fingerprint density at radius 1 is 0.356 bits per heavy atom. The van der Waals surface area contributed by atoms with E-state index in [0.717, 1.165) is 33.2 Å². The van der Waals surface area contributed by atoms with Crippen LogP contribution in [0.1, 0.15) is 0 Å². The summed E-state index contributed by atoms with van der Waals surface area (Å²) in [5.74, 6) is 0.679. The number of hydrogen-bond acceptors (Lipinski definition) is 2. The van der Waals surface area contributed by atoms with Crippen LogP contribution in [-0.2, 0) is 0 Å². The molecule has 1 aliphatic rings. The van der Waals surface area contributed by atoms with Crippen LogP contribution in [-0.4, -0.2) is 14.5 Å². The Labute approximate surface area is 259 Å². The number of rotatable bonds is 3. The standard InChI is InChI=1S/C42H25N3/c1-3-12-26(13-4-1)28-22-23-33-30-17-8-7-16-29(30)31-19-11-21-36-39(31)40-37(25-24-32(28)38(33)40)45(36)42-43-35-20-10-9-18-34(35)41(44-42)27-14-5-2-6-15-27/h1-25H. The van der Waals surface area contributed by atoms with Gasteiger partial charge in [-0.3, -0.25) is 4.57 Å². The molecule has 3 nitrogen and oxygen atoms in total. The normalized spacial score (nSPS) is 12.0. The average Bonchev–Trinajstić information content (AvgIpc) is 3.40. The molecule has 2 aromatic heterocycles. The monoisotopic (exact) mass is 571 g/mol. The molecule has 10 rings (SSSR count). The number of hydrogen-bond donors (Lipinski definition) is 0. The van der Waals surface area contributed by atoms with Crippen molar-refractivity contribution >= 4 is 43.5 Å². The third kappa shape index (κ3) is 3.41. The van der Waals surface area contributed by atoms with E-state index in [-0.39, 0.29) is 0 Å². The van der Waals surface area contributed by atoms with Crippen molar-refractivity contribution in [3.63, 3.8) is 0 Å². The highest BCUT2D eigenvalue weighted by molar-refractivity contribution is 6.31. The molecule has 2 heterocycles. The van der Waals surface area contributed by atoms with Crippen molar-refractivity contribution in [1.29, 1.82) is 0 Å². The van der Waals surface area contributed by atoms with Crippen LogP contribution < -0.4 is 0 Å². The maximum Gasteiger partial charge on any atom is 0.235 e. The molecule has 0 spiro atoms. The summed E-state index contributed by atoms with van der Waals surface area (Å²) in [6.45, 7) is 0. The molecule has 0 amide bonds. The van der Waals surface area contributed by atoms with Crippen LogP contribution in [0.4, 0.5) is 0 Å². The largest absolute Gasteiger partial charge is 0.278 e. The molecule has 0 saturated heterocycles. The molecule has 0 radical (unpaired) electrons. The Bertz CT molecular complexity index is 2630. The SMILES string of the molecule is c1ccc(-c2nc(-n3c4cccc5c4c4c6c(ccc(-c7ccccc7)c6ccc43)-c3ccccc3-5)nc3ccccc23)cc1. The fourth-order valence-corrected chi connectivity index (χ4v) is 7.46. The number of fused-ring (bicyclic) bond motifs is 4. The summed E-state index contributed by atoms with van der Waals surface area (Å²) in [7, 11) is 0. The fourth-order valence-electron chi connectivity index (χ4n) is 7.46. The lowest BCUT2D eigenvalue weighted by molar-refractivity contribution is 1.01. The zero-order valence-electron chi connectivity index (χ0n) is 24.3. The Kier molecular flexibility index (Phi) is 5.00. The summed E-state index contributed by atoms with van der Waals surface area (Å²) in [5, 5.41) is 6.07. The van der Waals surface area contributed by atoms with E-state index in [2.05, 4.69) is 150 Å². The first-order chi connectivity index (χ1) is 22.3. The predicted octanol–water partition coefficient (Wildman–Crippen LogP) is 10.9. The molecule has 0 bridgehead atoms. The number of benzene rings is 7. The second-order valence-electron chi connectivity index (χ2n) is 11.7. The lowest BCUT2D eigenvalue weighted by Crippen LogP contribution is -2.03. The van der Waals surface area contributed by atoms with Crippen molar-refractivity contribution in [2.45, 2.75) is 0 Å². The van der Waals surface area contributed by atoms with Gasteiger partial charge in [-0.05, 0) is 57.0 Å². The van der Waals surface area contributed by atoms with E-state index in [1.165, 1.54) is 54.9 Å². The molecule has 0 N–H and O–H groups in total. The summed E-state index contributed by atoms with van der Waals surface area (Å²) in [4.78, 5) is 10.5. The van der Waals surface area contributed by atoms with Gasteiger partial charge in [0.15, 0.2) is 0 Å². The molecule has 7 aromatic carbocycles. The van der Waals surface area contributed by atoms with Crippen molar-refractivity contribution in [3.8, 4) is 50.6 Å². The second-order valence-corrected chi connectivity index (χ2v) is 11.7. The van der Waals surface area contributed by atoms with E-state index < -0.39 is 0 Å². The van der Waals surface area contributed by atoms with Crippen molar-refractivity contribution in [1.82, 2.24) is 14.5 Å². The minimum Gasteiger partial charge on any atom is -0.278 e. The molecule has 0 saturated carbocycles. The topological polar surface area (TPSA) is 30.7 Å². The zero-order valence-corrected chi connectivity index (χ0v) is 24.3. The molecule has 0 unspecified atom stereocenters. The molecule has 0 fully saturated rings. The maximum atomic E-state index is 5.33. The highest BCUT2D eigenvalue weighted by atomic mass is 15.2. The van der Waals surface area contributed by atoms with Gasteiger partial charge >= 0.3 is 0 Å². The van der Waals surface area contributed by atoms with Crippen LogP contribution in [0.5, 0.6) is 0 Å². The van der Waals surface area contributed by atoms with Gasteiger partial charge in [0, 0.05) is 27.1 Å². The third-order valence-corrected chi connectivity index (χ3v) is 9.36. The molecule has 0 atom stereocenters. The highest BCUT2D eigenvalue weighted by Gasteiger charge is 2.26. The minimum atomic E-state index is 0.679. The van der Waals surface area contributed by atoms with E-state index in [9.17, 15) is 0 Å². The summed E-state index contributed by atoms with van der Waals surface area (Å²) in [5.41, 5.74) is 12.6.